The van der Waals surface area contributed by atoms with Gasteiger partial charge in [0.05, 0.1) is 23.8 Å². The standard InChI is InChI=1S/C21H19FN2O4/c1-12-4-6-14(22)10-18(12)23-19(25)13-5-7-16-17(9-13)21(27)24(20(16)26)11-15-3-2-8-28-15/h4-7,9-10,15H,2-3,8,11H2,1H3,(H,23,25). The SMILES string of the molecule is Cc1ccc(F)cc1NC(=O)c1ccc2c(c1)C(=O)N(CC1CCCO1)C2=O. The van der Waals surface area contributed by atoms with Crippen molar-refractivity contribution in [2.24, 2.45) is 0 Å². The first kappa shape index (κ1) is 18.3. The van der Waals surface area contributed by atoms with Crippen molar-refractivity contribution in [3.05, 3.63) is 64.5 Å². The number of aryl methyl sites for hydroxylation is 1. The van der Waals surface area contributed by atoms with Crippen LogP contribution in [0.15, 0.2) is 36.4 Å². The van der Waals surface area contributed by atoms with E-state index >= 15 is 0 Å². The number of nitrogens with one attached hydrogen (secondary N) is 1. The van der Waals surface area contributed by atoms with Crippen molar-refractivity contribution in [3.63, 3.8) is 0 Å². The van der Waals surface area contributed by atoms with E-state index in [-0.39, 0.29) is 35.2 Å². The van der Waals surface area contributed by atoms with E-state index in [2.05, 4.69) is 5.32 Å². The van der Waals surface area contributed by atoms with Gasteiger partial charge in [0.1, 0.15) is 5.82 Å². The fourth-order valence-electron chi connectivity index (χ4n) is 3.51. The van der Waals surface area contributed by atoms with E-state index in [0.717, 1.165) is 12.8 Å². The second-order valence-corrected chi connectivity index (χ2v) is 7.03. The number of carbonyl (C=O) groups excluding carboxylic acids is 3. The van der Waals surface area contributed by atoms with E-state index in [1.54, 1.807) is 13.0 Å². The van der Waals surface area contributed by atoms with Gasteiger partial charge in [-0.2, -0.15) is 0 Å². The molecule has 0 aromatic heterocycles. The number of ether oxygens (including phenoxy) is 1. The fraction of sp³-hybridized carbons (Fsp3) is 0.286. The Labute approximate surface area is 161 Å². The second kappa shape index (κ2) is 7.16. The van der Waals surface area contributed by atoms with Crippen LogP contribution in [0.3, 0.4) is 0 Å². The summed E-state index contributed by atoms with van der Waals surface area (Å²) in [6, 6.07) is 8.50. The minimum absolute atomic E-state index is 0.138. The molecule has 7 heteroatoms. The number of hydrogen-bond donors (Lipinski definition) is 1. The Kier molecular flexibility index (Phi) is 4.68. The van der Waals surface area contributed by atoms with Crippen LogP contribution in [-0.4, -0.2) is 41.9 Å². The van der Waals surface area contributed by atoms with Crippen LogP contribution in [0.1, 0.15) is 49.5 Å². The Morgan fingerprint density at radius 2 is 1.96 bits per heavy atom. The van der Waals surface area contributed by atoms with E-state index in [1.165, 1.54) is 35.2 Å². The largest absolute Gasteiger partial charge is 0.376 e. The van der Waals surface area contributed by atoms with Gasteiger partial charge in [0.15, 0.2) is 0 Å². The first-order valence-electron chi connectivity index (χ1n) is 9.13. The fourth-order valence-corrected chi connectivity index (χ4v) is 3.51. The molecule has 0 spiro atoms. The summed E-state index contributed by atoms with van der Waals surface area (Å²) >= 11 is 0. The normalized spacial score (nSPS) is 18.5. The quantitative estimate of drug-likeness (QED) is 0.825. The molecule has 2 aliphatic heterocycles. The lowest BCUT2D eigenvalue weighted by molar-refractivity contribution is 0.0475. The van der Waals surface area contributed by atoms with Gasteiger partial charge in [0.25, 0.3) is 17.7 Å². The van der Waals surface area contributed by atoms with Gasteiger partial charge in [-0.3, -0.25) is 19.3 Å². The lowest BCUT2D eigenvalue weighted by atomic mass is 10.0. The monoisotopic (exact) mass is 382 g/mol. The number of fused-ring (bicyclic) bond motifs is 1. The molecule has 0 radical (unpaired) electrons. The molecule has 1 unspecified atom stereocenters. The zero-order chi connectivity index (χ0) is 19.8. The molecule has 1 atom stereocenters. The number of hydrogen-bond acceptors (Lipinski definition) is 4. The van der Waals surface area contributed by atoms with Crippen LogP contribution in [0, 0.1) is 12.7 Å². The van der Waals surface area contributed by atoms with Gasteiger partial charge >= 0.3 is 0 Å². The topological polar surface area (TPSA) is 75.7 Å². The molecule has 0 saturated carbocycles. The molecule has 144 valence electrons. The van der Waals surface area contributed by atoms with Gasteiger partial charge in [-0.25, -0.2) is 4.39 Å². The maximum absolute atomic E-state index is 13.4. The highest BCUT2D eigenvalue weighted by Gasteiger charge is 2.37. The number of rotatable bonds is 4. The molecule has 0 bridgehead atoms. The molecule has 2 heterocycles. The highest BCUT2D eigenvalue weighted by atomic mass is 19.1. The maximum Gasteiger partial charge on any atom is 0.261 e. The van der Waals surface area contributed by atoms with Crippen molar-refractivity contribution in [1.82, 2.24) is 4.90 Å². The van der Waals surface area contributed by atoms with Crippen LogP contribution in [0.5, 0.6) is 0 Å². The zero-order valence-corrected chi connectivity index (χ0v) is 15.3. The average Bonchev–Trinajstić information content (AvgIpc) is 3.27. The minimum Gasteiger partial charge on any atom is -0.376 e. The summed E-state index contributed by atoms with van der Waals surface area (Å²) in [6.07, 6.45) is 1.59. The zero-order valence-electron chi connectivity index (χ0n) is 15.3. The number of nitrogens with zero attached hydrogens (tertiary/aromatic N) is 1. The second-order valence-electron chi connectivity index (χ2n) is 7.03. The van der Waals surface area contributed by atoms with Crippen molar-refractivity contribution in [2.45, 2.75) is 25.9 Å². The summed E-state index contributed by atoms with van der Waals surface area (Å²) in [5.41, 5.74) is 1.77. The first-order valence-corrected chi connectivity index (χ1v) is 9.13. The molecule has 3 amide bonds. The van der Waals surface area contributed by atoms with Gasteiger partial charge in [-0.15, -0.1) is 0 Å². The van der Waals surface area contributed by atoms with Gasteiger partial charge in [-0.05, 0) is 55.7 Å². The molecule has 2 aliphatic rings. The van der Waals surface area contributed by atoms with Crippen molar-refractivity contribution < 1.29 is 23.5 Å². The highest BCUT2D eigenvalue weighted by Crippen LogP contribution is 2.26. The van der Waals surface area contributed by atoms with Crippen LogP contribution in [0.25, 0.3) is 0 Å². The van der Waals surface area contributed by atoms with Gasteiger partial charge in [0.2, 0.25) is 0 Å². The molecule has 1 fully saturated rings. The number of halogens is 1. The number of anilines is 1. The minimum atomic E-state index is -0.477. The lowest BCUT2D eigenvalue weighted by Crippen LogP contribution is -2.36. The number of carbonyl (C=O) groups is 3. The molecule has 1 saturated heterocycles. The third-order valence-electron chi connectivity index (χ3n) is 5.09. The van der Waals surface area contributed by atoms with Gasteiger partial charge in [-0.1, -0.05) is 6.07 Å². The Hall–Kier alpha value is -3.06. The molecule has 28 heavy (non-hydrogen) atoms. The summed E-state index contributed by atoms with van der Waals surface area (Å²) in [4.78, 5) is 39.0. The van der Waals surface area contributed by atoms with Crippen molar-refractivity contribution in [2.75, 3.05) is 18.5 Å². The van der Waals surface area contributed by atoms with E-state index in [4.69, 9.17) is 4.74 Å². The third-order valence-corrected chi connectivity index (χ3v) is 5.09. The Balaban J connectivity index is 1.55. The Morgan fingerprint density at radius 3 is 2.71 bits per heavy atom. The predicted octanol–water partition coefficient (Wildman–Crippen LogP) is 3.16. The van der Waals surface area contributed by atoms with Crippen LogP contribution < -0.4 is 5.32 Å². The molecule has 2 aromatic carbocycles. The van der Waals surface area contributed by atoms with E-state index in [9.17, 15) is 18.8 Å². The van der Waals surface area contributed by atoms with Crippen LogP contribution >= 0.6 is 0 Å². The third kappa shape index (κ3) is 3.29. The van der Waals surface area contributed by atoms with Crippen molar-refractivity contribution in [3.8, 4) is 0 Å². The Bertz CT molecular complexity index is 982. The number of imide groups is 1. The lowest BCUT2D eigenvalue weighted by Gasteiger charge is -2.17. The summed E-state index contributed by atoms with van der Waals surface area (Å²) in [5.74, 6) is -1.73. The predicted molar refractivity (Wildman–Crippen MR) is 99.9 cm³/mol. The smallest absolute Gasteiger partial charge is 0.261 e. The molecule has 2 aromatic rings. The van der Waals surface area contributed by atoms with Crippen molar-refractivity contribution >= 4 is 23.4 Å². The summed E-state index contributed by atoms with van der Waals surface area (Å²) < 4.78 is 19.0. The van der Waals surface area contributed by atoms with Crippen molar-refractivity contribution in [1.29, 1.82) is 0 Å². The molecule has 0 aliphatic carbocycles. The van der Waals surface area contributed by atoms with Gasteiger partial charge in [0, 0.05) is 17.9 Å². The summed E-state index contributed by atoms with van der Waals surface area (Å²) in [7, 11) is 0. The summed E-state index contributed by atoms with van der Waals surface area (Å²) in [5, 5.41) is 2.65. The van der Waals surface area contributed by atoms with Crippen LogP contribution in [0.4, 0.5) is 10.1 Å². The first-order chi connectivity index (χ1) is 13.4. The summed E-state index contributed by atoms with van der Waals surface area (Å²) in [6.45, 7) is 2.61. The van der Waals surface area contributed by atoms with Crippen LogP contribution in [0.2, 0.25) is 0 Å². The van der Waals surface area contributed by atoms with E-state index in [0.29, 0.717) is 17.9 Å². The van der Waals surface area contributed by atoms with E-state index in [1.807, 2.05) is 0 Å². The van der Waals surface area contributed by atoms with E-state index < -0.39 is 17.6 Å². The molecule has 4 rings (SSSR count). The molecular formula is C21H19FN2O4. The van der Waals surface area contributed by atoms with Gasteiger partial charge < -0.3 is 10.1 Å². The molecular weight excluding hydrogens is 363 g/mol. The maximum atomic E-state index is 13.4. The van der Waals surface area contributed by atoms with Crippen LogP contribution in [-0.2, 0) is 4.74 Å². The molecule has 1 N–H and O–H groups in total. The number of benzene rings is 2. The highest BCUT2D eigenvalue weighted by molar-refractivity contribution is 6.22. The molecule has 6 nitrogen and oxygen atoms in total. The number of amides is 3. The Morgan fingerprint density at radius 1 is 1.18 bits per heavy atom. The average molecular weight is 382 g/mol.